The summed E-state index contributed by atoms with van der Waals surface area (Å²) < 4.78 is 15.5. The number of amides is 1. The molecule has 0 spiro atoms. The van der Waals surface area contributed by atoms with E-state index in [0.717, 1.165) is 0 Å². The molecule has 0 saturated heterocycles. The number of nitro groups is 1. The summed E-state index contributed by atoms with van der Waals surface area (Å²) in [6.45, 7) is 2.66. The van der Waals surface area contributed by atoms with Crippen LogP contribution >= 0.6 is 0 Å². The molecule has 8 heteroatoms. The zero-order valence-electron chi connectivity index (χ0n) is 10.9. The Hall–Kier alpha value is -2.35. The first-order valence-electron chi connectivity index (χ1n) is 6.07. The fourth-order valence-corrected chi connectivity index (χ4v) is 1.71. The number of hydrogen-bond donors (Lipinski definition) is 1. The van der Waals surface area contributed by atoms with Gasteiger partial charge in [0.05, 0.1) is 11.0 Å². The van der Waals surface area contributed by atoms with E-state index >= 15 is 0 Å². The molecule has 1 aliphatic heterocycles. The van der Waals surface area contributed by atoms with Crippen LogP contribution in [0, 0.1) is 10.1 Å². The zero-order chi connectivity index (χ0) is 14.5. The third-order valence-electron chi connectivity index (χ3n) is 2.57. The first-order chi connectivity index (χ1) is 9.61. The fourth-order valence-electron chi connectivity index (χ4n) is 1.71. The van der Waals surface area contributed by atoms with Crippen molar-refractivity contribution in [3.63, 3.8) is 0 Å². The van der Waals surface area contributed by atoms with Crippen LogP contribution in [-0.2, 0) is 9.53 Å². The van der Waals surface area contributed by atoms with Crippen molar-refractivity contribution in [2.24, 2.45) is 0 Å². The van der Waals surface area contributed by atoms with E-state index in [1.54, 1.807) is 6.92 Å². The van der Waals surface area contributed by atoms with Crippen molar-refractivity contribution >= 4 is 17.3 Å². The van der Waals surface area contributed by atoms with Crippen LogP contribution in [-0.4, -0.2) is 37.3 Å². The lowest BCUT2D eigenvalue weighted by Gasteiger charge is -2.19. The van der Waals surface area contributed by atoms with E-state index in [1.807, 2.05) is 0 Å². The molecule has 1 aromatic rings. The Morgan fingerprint density at radius 3 is 2.65 bits per heavy atom. The van der Waals surface area contributed by atoms with Crippen molar-refractivity contribution in [3.8, 4) is 11.5 Å². The molecule has 8 nitrogen and oxygen atoms in total. The van der Waals surface area contributed by atoms with E-state index in [0.29, 0.717) is 31.3 Å². The van der Waals surface area contributed by atoms with Crippen molar-refractivity contribution in [2.75, 3.05) is 31.7 Å². The Labute approximate surface area is 114 Å². The van der Waals surface area contributed by atoms with Gasteiger partial charge in [0.1, 0.15) is 25.5 Å². The van der Waals surface area contributed by atoms with Crippen LogP contribution < -0.4 is 14.8 Å². The number of ether oxygens (including phenoxy) is 3. The summed E-state index contributed by atoms with van der Waals surface area (Å²) in [4.78, 5) is 22.0. The normalized spacial score (nSPS) is 12.8. The molecule has 108 valence electrons. The summed E-state index contributed by atoms with van der Waals surface area (Å²) in [7, 11) is 0. The molecule has 1 aliphatic rings. The largest absolute Gasteiger partial charge is 0.486 e. The quantitative estimate of drug-likeness (QED) is 0.646. The number of anilines is 1. The van der Waals surface area contributed by atoms with Gasteiger partial charge < -0.3 is 19.5 Å². The fraction of sp³-hybridized carbons (Fsp3) is 0.417. The molecule has 1 aromatic carbocycles. The molecule has 0 fully saturated rings. The van der Waals surface area contributed by atoms with Crippen molar-refractivity contribution in [1.82, 2.24) is 0 Å². The van der Waals surface area contributed by atoms with E-state index in [1.165, 1.54) is 12.1 Å². The summed E-state index contributed by atoms with van der Waals surface area (Å²) in [5.74, 6) is 0.200. The maximum absolute atomic E-state index is 11.6. The minimum absolute atomic E-state index is 0.0592. The Bertz CT molecular complexity index is 531. The molecular weight excluding hydrogens is 268 g/mol. The Morgan fingerprint density at radius 1 is 1.40 bits per heavy atom. The number of nitro benzene ring substituents is 1. The summed E-state index contributed by atoms with van der Waals surface area (Å²) >= 11 is 0. The van der Waals surface area contributed by atoms with Gasteiger partial charge in [-0.1, -0.05) is 0 Å². The van der Waals surface area contributed by atoms with E-state index in [9.17, 15) is 14.9 Å². The van der Waals surface area contributed by atoms with Crippen LogP contribution in [0.5, 0.6) is 11.5 Å². The first-order valence-corrected chi connectivity index (χ1v) is 6.07. The number of carbonyl (C=O) groups excluding carboxylic acids is 1. The number of benzene rings is 1. The number of carbonyl (C=O) groups is 1. The van der Waals surface area contributed by atoms with Gasteiger partial charge in [0.15, 0.2) is 11.5 Å². The van der Waals surface area contributed by atoms with Gasteiger partial charge >= 0.3 is 0 Å². The molecule has 0 radical (unpaired) electrons. The highest BCUT2D eigenvalue weighted by molar-refractivity contribution is 5.94. The Morgan fingerprint density at radius 2 is 2.05 bits per heavy atom. The molecule has 0 aliphatic carbocycles. The summed E-state index contributed by atoms with van der Waals surface area (Å²) in [6, 6.07) is 2.63. The third-order valence-corrected chi connectivity index (χ3v) is 2.57. The number of nitrogens with one attached hydrogen (secondary N) is 1. The maximum atomic E-state index is 11.6. The minimum Gasteiger partial charge on any atom is -0.486 e. The van der Waals surface area contributed by atoms with Gasteiger partial charge in [-0.05, 0) is 6.92 Å². The molecule has 2 rings (SSSR count). The van der Waals surface area contributed by atoms with Gasteiger partial charge in [0.2, 0.25) is 0 Å². The van der Waals surface area contributed by atoms with E-state index in [-0.39, 0.29) is 18.0 Å². The Balaban J connectivity index is 2.25. The molecule has 1 N–H and O–H groups in total. The van der Waals surface area contributed by atoms with Crippen molar-refractivity contribution in [3.05, 3.63) is 22.2 Å². The second kappa shape index (κ2) is 6.20. The Kier molecular flexibility index (Phi) is 4.36. The molecule has 0 unspecified atom stereocenters. The van der Waals surface area contributed by atoms with Gasteiger partial charge in [-0.3, -0.25) is 14.9 Å². The van der Waals surface area contributed by atoms with Gasteiger partial charge in [-0.2, -0.15) is 0 Å². The maximum Gasteiger partial charge on any atom is 0.296 e. The van der Waals surface area contributed by atoms with Gasteiger partial charge in [0.25, 0.3) is 11.6 Å². The lowest BCUT2D eigenvalue weighted by Crippen LogP contribution is -2.20. The van der Waals surface area contributed by atoms with E-state index in [4.69, 9.17) is 14.2 Å². The van der Waals surface area contributed by atoms with Crippen molar-refractivity contribution in [1.29, 1.82) is 0 Å². The molecule has 1 heterocycles. The van der Waals surface area contributed by atoms with Gasteiger partial charge in [-0.15, -0.1) is 0 Å². The van der Waals surface area contributed by atoms with Crippen LogP contribution in [0.3, 0.4) is 0 Å². The summed E-state index contributed by atoms with van der Waals surface area (Å²) in [6.07, 6.45) is 0. The molecule has 0 aromatic heterocycles. The average Bonchev–Trinajstić information content (AvgIpc) is 2.44. The second-order valence-electron chi connectivity index (χ2n) is 3.96. The molecule has 0 atom stereocenters. The summed E-state index contributed by atoms with van der Waals surface area (Å²) in [5.41, 5.74) is -0.192. The predicted octanol–water partition coefficient (Wildman–Crippen LogP) is 1.34. The zero-order valence-corrected chi connectivity index (χ0v) is 10.9. The van der Waals surface area contributed by atoms with Crippen LogP contribution in [0.2, 0.25) is 0 Å². The minimum atomic E-state index is -0.589. The number of nitrogens with zero attached hydrogens (tertiary/aromatic N) is 1. The molecular formula is C12H14N2O6. The van der Waals surface area contributed by atoms with Crippen molar-refractivity contribution < 1.29 is 23.9 Å². The lowest BCUT2D eigenvalue weighted by molar-refractivity contribution is -0.384. The van der Waals surface area contributed by atoms with E-state index in [2.05, 4.69) is 5.32 Å². The highest BCUT2D eigenvalue weighted by Gasteiger charge is 2.23. The van der Waals surface area contributed by atoms with Crippen molar-refractivity contribution in [2.45, 2.75) is 6.92 Å². The summed E-state index contributed by atoms with van der Waals surface area (Å²) in [5, 5.41) is 13.5. The number of fused-ring (bicyclic) bond motifs is 1. The highest BCUT2D eigenvalue weighted by atomic mass is 16.6. The van der Waals surface area contributed by atoms with Crippen LogP contribution in [0.4, 0.5) is 11.4 Å². The smallest absolute Gasteiger partial charge is 0.296 e. The van der Waals surface area contributed by atoms with Gasteiger partial charge in [-0.25, -0.2) is 0 Å². The molecule has 0 saturated carbocycles. The van der Waals surface area contributed by atoms with Crippen LogP contribution in [0.25, 0.3) is 0 Å². The molecule has 0 bridgehead atoms. The van der Waals surface area contributed by atoms with Gasteiger partial charge in [0, 0.05) is 12.7 Å². The molecule has 1 amide bonds. The first kappa shape index (κ1) is 14.1. The second-order valence-corrected chi connectivity index (χ2v) is 3.96. The predicted molar refractivity (Wildman–Crippen MR) is 69.2 cm³/mol. The van der Waals surface area contributed by atoms with Crippen LogP contribution in [0.15, 0.2) is 12.1 Å². The average molecular weight is 282 g/mol. The SMILES string of the molecule is CCOCC(=O)Nc1cc2c(cc1[N+](=O)[O-])OCCO2. The highest BCUT2D eigenvalue weighted by Crippen LogP contribution is 2.39. The monoisotopic (exact) mass is 282 g/mol. The standard InChI is InChI=1S/C12H14N2O6/c1-2-18-7-12(15)13-8-5-10-11(20-4-3-19-10)6-9(8)14(16)17/h5-6H,2-4,7H2,1H3,(H,13,15). The molecule has 20 heavy (non-hydrogen) atoms. The van der Waals surface area contributed by atoms with Crippen LogP contribution in [0.1, 0.15) is 6.92 Å². The lowest BCUT2D eigenvalue weighted by atomic mass is 10.2. The number of rotatable bonds is 5. The topological polar surface area (TPSA) is 99.9 Å². The number of hydrogen-bond acceptors (Lipinski definition) is 6. The van der Waals surface area contributed by atoms with E-state index < -0.39 is 10.8 Å². The third kappa shape index (κ3) is 3.15.